The van der Waals surface area contributed by atoms with E-state index in [0.717, 1.165) is 33.9 Å². The summed E-state index contributed by atoms with van der Waals surface area (Å²) in [5, 5.41) is 14.4. The van der Waals surface area contributed by atoms with Crippen LogP contribution >= 0.6 is 11.8 Å². The fourth-order valence-corrected chi connectivity index (χ4v) is 3.70. The van der Waals surface area contributed by atoms with E-state index in [1.54, 1.807) is 0 Å². The number of benzene rings is 2. The van der Waals surface area contributed by atoms with Gasteiger partial charge in [-0.3, -0.25) is 4.79 Å². The number of hydrogen-bond acceptors (Lipinski definition) is 4. The molecule has 1 heterocycles. The lowest BCUT2D eigenvalue weighted by molar-refractivity contribution is -0.113. The van der Waals surface area contributed by atoms with Crippen molar-refractivity contribution in [1.82, 2.24) is 14.8 Å². The Hall–Kier alpha value is -2.34. The molecule has 1 aromatic heterocycles. The first-order chi connectivity index (χ1) is 12.1. The number of amides is 1. The van der Waals surface area contributed by atoms with E-state index >= 15 is 0 Å². The molecule has 0 spiro atoms. The standard InChI is InChI=1S/C19H22N4OS/c1-4-17-21-22-19(23(17)13(2)3)25-12-18(24)20-16-11-7-9-14-8-5-6-10-15(14)16/h5-11,13H,4,12H2,1-3H3,(H,20,24). The van der Waals surface area contributed by atoms with Gasteiger partial charge in [-0.1, -0.05) is 55.1 Å². The van der Waals surface area contributed by atoms with Crippen molar-refractivity contribution >= 4 is 34.1 Å². The van der Waals surface area contributed by atoms with Crippen LogP contribution in [0.4, 0.5) is 5.69 Å². The Bertz CT molecular complexity index is 883. The van der Waals surface area contributed by atoms with E-state index in [-0.39, 0.29) is 11.9 Å². The summed E-state index contributed by atoms with van der Waals surface area (Å²) >= 11 is 1.42. The Kier molecular flexibility index (Phi) is 5.38. The Balaban J connectivity index is 1.70. The molecule has 0 aliphatic rings. The van der Waals surface area contributed by atoms with Crippen LogP contribution in [0.3, 0.4) is 0 Å². The molecule has 3 rings (SSSR count). The highest BCUT2D eigenvalue weighted by Gasteiger charge is 2.15. The minimum absolute atomic E-state index is 0.0438. The number of carbonyl (C=O) groups is 1. The molecule has 130 valence electrons. The average Bonchev–Trinajstić information content (AvgIpc) is 3.03. The second-order valence-corrected chi connectivity index (χ2v) is 7.02. The normalized spacial score (nSPS) is 11.2. The van der Waals surface area contributed by atoms with Gasteiger partial charge in [0, 0.05) is 23.5 Å². The first kappa shape index (κ1) is 17.5. The molecule has 0 radical (unpaired) electrons. The Labute approximate surface area is 151 Å². The van der Waals surface area contributed by atoms with E-state index < -0.39 is 0 Å². The summed E-state index contributed by atoms with van der Waals surface area (Å²) < 4.78 is 2.09. The van der Waals surface area contributed by atoms with Crippen molar-refractivity contribution in [3.8, 4) is 0 Å². The number of nitrogens with one attached hydrogen (secondary N) is 1. The SMILES string of the molecule is CCc1nnc(SCC(=O)Nc2cccc3ccccc23)n1C(C)C. The molecule has 6 heteroatoms. The molecule has 0 aliphatic heterocycles. The zero-order chi connectivity index (χ0) is 17.8. The van der Waals surface area contributed by atoms with E-state index in [2.05, 4.69) is 40.9 Å². The highest BCUT2D eigenvalue weighted by Crippen LogP contribution is 2.25. The van der Waals surface area contributed by atoms with Crippen molar-refractivity contribution in [3.63, 3.8) is 0 Å². The fourth-order valence-electron chi connectivity index (χ4n) is 2.82. The van der Waals surface area contributed by atoms with Gasteiger partial charge >= 0.3 is 0 Å². The molecule has 0 fully saturated rings. The van der Waals surface area contributed by atoms with Crippen LogP contribution in [0.2, 0.25) is 0 Å². The number of anilines is 1. The molecule has 0 bridgehead atoms. The van der Waals surface area contributed by atoms with Crippen molar-refractivity contribution in [2.75, 3.05) is 11.1 Å². The number of carbonyl (C=O) groups excluding carboxylic acids is 1. The van der Waals surface area contributed by atoms with E-state index in [4.69, 9.17) is 0 Å². The lowest BCUT2D eigenvalue weighted by Crippen LogP contribution is -2.15. The maximum absolute atomic E-state index is 12.4. The number of aromatic nitrogens is 3. The lowest BCUT2D eigenvalue weighted by Gasteiger charge is -2.13. The molecule has 0 atom stereocenters. The maximum Gasteiger partial charge on any atom is 0.234 e. The zero-order valence-electron chi connectivity index (χ0n) is 14.7. The minimum atomic E-state index is -0.0438. The van der Waals surface area contributed by atoms with Gasteiger partial charge in [-0.2, -0.15) is 0 Å². The van der Waals surface area contributed by atoms with Gasteiger partial charge < -0.3 is 9.88 Å². The highest BCUT2D eigenvalue weighted by atomic mass is 32.2. The van der Waals surface area contributed by atoms with Crippen LogP contribution in [-0.4, -0.2) is 26.4 Å². The zero-order valence-corrected chi connectivity index (χ0v) is 15.5. The van der Waals surface area contributed by atoms with Gasteiger partial charge in [-0.05, 0) is 25.3 Å². The van der Waals surface area contributed by atoms with Crippen molar-refractivity contribution < 1.29 is 4.79 Å². The van der Waals surface area contributed by atoms with Crippen LogP contribution < -0.4 is 5.32 Å². The molecule has 5 nitrogen and oxygen atoms in total. The minimum Gasteiger partial charge on any atom is -0.325 e. The van der Waals surface area contributed by atoms with Crippen molar-refractivity contribution in [1.29, 1.82) is 0 Å². The predicted octanol–water partition coefficient (Wildman–Crippen LogP) is 4.31. The van der Waals surface area contributed by atoms with Crippen LogP contribution in [0.1, 0.15) is 32.6 Å². The summed E-state index contributed by atoms with van der Waals surface area (Å²) in [5.41, 5.74) is 0.836. The number of aryl methyl sites for hydroxylation is 1. The molecule has 0 saturated heterocycles. The number of nitrogens with zero attached hydrogens (tertiary/aromatic N) is 3. The quantitative estimate of drug-likeness (QED) is 0.670. The summed E-state index contributed by atoms with van der Waals surface area (Å²) in [4.78, 5) is 12.4. The Morgan fingerprint density at radius 1 is 1.16 bits per heavy atom. The molecule has 1 N–H and O–H groups in total. The number of fused-ring (bicyclic) bond motifs is 1. The van der Waals surface area contributed by atoms with Gasteiger partial charge in [-0.15, -0.1) is 10.2 Å². The molecule has 0 saturated carbocycles. The first-order valence-corrected chi connectivity index (χ1v) is 9.43. The van der Waals surface area contributed by atoms with Gasteiger partial charge in [0.15, 0.2) is 5.16 Å². The molecular weight excluding hydrogens is 332 g/mol. The van der Waals surface area contributed by atoms with Crippen LogP contribution in [-0.2, 0) is 11.2 Å². The van der Waals surface area contributed by atoms with Gasteiger partial charge in [0.05, 0.1) is 5.75 Å². The Morgan fingerprint density at radius 3 is 2.68 bits per heavy atom. The van der Waals surface area contributed by atoms with Crippen LogP contribution in [0.25, 0.3) is 10.8 Å². The summed E-state index contributed by atoms with van der Waals surface area (Å²) in [6.45, 7) is 6.26. The third-order valence-corrected chi connectivity index (χ3v) is 4.91. The smallest absolute Gasteiger partial charge is 0.234 e. The number of thioether (sulfide) groups is 1. The molecule has 2 aromatic carbocycles. The third-order valence-electron chi connectivity index (χ3n) is 3.96. The van der Waals surface area contributed by atoms with Gasteiger partial charge in [-0.25, -0.2) is 0 Å². The van der Waals surface area contributed by atoms with Crippen molar-refractivity contribution in [2.45, 2.75) is 38.4 Å². The van der Waals surface area contributed by atoms with Crippen LogP contribution in [0.15, 0.2) is 47.6 Å². The molecular formula is C19H22N4OS. The van der Waals surface area contributed by atoms with Crippen LogP contribution in [0.5, 0.6) is 0 Å². The predicted molar refractivity (Wildman–Crippen MR) is 103 cm³/mol. The third kappa shape index (κ3) is 3.85. The number of rotatable bonds is 6. The van der Waals surface area contributed by atoms with E-state index in [9.17, 15) is 4.79 Å². The van der Waals surface area contributed by atoms with E-state index in [0.29, 0.717) is 5.75 Å². The molecule has 1 amide bonds. The fraction of sp³-hybridized carbons (Fsp3) is 0.316. The highest BCUT2D eigenvalue weighted by molar-refractivity contribution is 7.99. The number of hydrogen-bond donors (Lipinski definition) is 1. The second-order valence-electron chi connectivity index (χ2n) is 6.08. The van der Waals surface area contributed by atoms with E-state index in [1.165, 1.54) is 11.8 Å². The van der Waals surface area contributed by atoms with Crippen molar-refractivity contribution in [2.24, 2.45) is 0 Å². The van der Waals surface area contributed by atoms with Crippen LogP contribution in [0, 0.1) is 0 Å². The second kappa shape index (κ2) is 7.70. The average molecular weight is 354 g/mol. The maximum atomic E-state index is 12.4. The first-order valence-electron chi connectivity index (χ1n) is 8.44. The summed E-state index contributed by atoms with van der Waals surface area (Å²) in [7, 11) is 0. The van der Waals surface area contributed by atoms with Gasteiger partial charge in [0.25, 0.3) is 0 Å². The molecule has 3 aromatic rings. The monoisotopic (exact) mass is 354 g/mol. The molecule has 0 aliphatic carbocycles. The summed E-state index contributed by atoms with van der Waals surface area (Å²) in [6.07, 6.45) is 0.827. The lowest BCUT2D eigenvalue weighted by atomic mass is 10.1. The molecule has 25 heavy (non-hydrogen) atoms. The summed E-state index contributed by atoms with van der Waals surface area (Å²) in [5.74, 6) is 1.21. The van der Waals surface area contributed by atoms with Crippen molar-refractivity contribution in [3.05, 3.63) is 48.3 Å². The summed E-state index contributed by atoms with van der Waals surface area (Å²) in [6, 6.07) is 14.2. The van der Waals surface area contributed by atoms with E-state index in [1.807, 2.05) is 42.5 Å². The molecule has 0 unspecified atom stereocenters. The topological polar surface area (TPSA) is 59.8 Å². The largest absolute Gasteiger partial charge is 0.325 e. The van der Waals surface area contributed by atoms with Gasteiger partial charge in [0.1, 0.15) is 5.82 Å². The van der Waals surface area contributed by atoms with Gasteiger partial charge in [0.2, 0.25) is 5.91 Å². The Morgan fingerprint density at radius 2 is 1.92 bits per heavy atom.